The van der Waals surface area contributed by atoms with Gasteiger partial charge in [-0.25, -0.2) is 19.3 Å². The van der Waals surface area contributed by atoms with Gasteiger partial charge in [-0.2, -0.15) is 0 Å². The van der Waals surface area contributed by atoms with Crippen LogP contribution in [0.25, 0.3) is 21.3 Å². The molecule has 5 N–H and O–H groups in total. The van der Waals surface area contributed by atoms with E-state index in [0.717, 1.165) is 111 Å². The number of nitrogens with zero attached hydrogens (tertiary/aromatic N) is 8. The van der Waals surface area contributed by atoms with Crippen molar-refractivity contribution in [2.75, 3.05) is 43.4 Å². The van der Waals surface area contributed by atoms with E-state index in [1.54, 1.807) is 35.6 Å². The van der Waals surface area contributed by atoms with Crippen LogP contribution < -0.4 is 26.0 Å². The first-order valence-corrected chi connectivity index (χ1v) is 30.6. The summed E-state index contributed by atoms with van der Waals surface area (Å²) in [5.74, 6) is -0.741. The summed E-state index contributed by atoms with van der Waals surface area (Å²) in [6, 6.07) is 14.2. The maximum absolute atomic E-state index is 14.1. The minimum Gasteiger partial charge on any atom is -0.491 e. The lowest BCUT2D eigenvalue weighted by molar-refractivity contribution is -0.144. The third-order valence-corrected chi connectivity index (χ3v) is 16.4. The van der Waals surface area contributed by atoms with Crippen LogP contribution in [0.1, 0.15) is 134 Å². The number of aliphatic hydroxyl groups excluding tert-OH is 1. The predicted molar refractivity (Wildman–Crippen MR) is 324 cm³/mol. The number of fused-ring (bicyclic) bond motifs is 1. The number of ether oxygens (including phenoxy) is 1. The highest BCUT2D eigenvalue weighted by molar-refractivity contribution is 7.13. The molecule has 3 aromatic carbocycles. The molecule has 0 unspecified atom stereocenters. The number of β-amino-alcohol motifs (C(OH)–C–C–N with tert-alkyl or cyclic N) is 1. The van der Waals surface area contributed by atoms with Crippen molar-refractivity contribution in [3.63, 3.8) is 0 Å². The van der Waals surface area contributed by atoms with Gasteiger partial charge in [0.1, 0.15) is 35.8 Å². The summed E-state index contributed by atoms with van der Waals surface area (Å²) in [7, 11) is 0. The summed E-state index contributed by atoms with van der Waals surface area (Å²) in [5.41, 5.74) is 6.72. The number of nitrogens with one attached hydrogen (secondary N) is 4. The largest absolute Gasteiger partial charge is 0.491 e. The van der Waals surface area contributed by atoms with Crippen molar-refractivity contribution in [1.29, 1.82) is 0 Å². The second-order valence-electron chi connectivity index (χ2n) is 22.9. The van der Waals surface area contributed by atoms with Gasteiger partial charge in [-0.15, -0.1) is 16.4 Å². The number of carbonyl (C=O) groups excluding carboxylic acids is 4. The number of halogens is 2. The Morgan fingerprint density at radius 2 is 1.67 bits per heavy atom. The van der Waals surface area contributed by atoms with Crippen molar-refractivity contribution in [3.8, 4) is 16.2 Å². The maximum atomic E-state index is 14.1. The summed E-state index contributed by atoms with van der Waals surface area (Å²) in [5, 5.41) is 32.2. The number of aryl methyl sites for hydroxylation is 3. The first-order valence-electron chi connectivity index (χ1n) is 29.4. The summed E-state index contributed by atoms with van der Waals surface area (Å²) < 4.78 is 22.1. The zero-order valence-electron chi connectivity index (χ0n) is 48.3. The standard InChI is InChI=1S/C62H80ClFN12O6S/c1-42-57(83-41-68-42)44-24-22-43(23-25-44)37-65-60(80)53-34-47(77)39-76(53)61(81)58(62(2,3)4)71-56(79)20-13-8-6-5-7-9-16-31-75-38-46(72-73-75)19-12-10-17-32-82-54-36-51-48(59(67-40-66-51)69-45-26-27-50(64)49(63)33-45)35-52(54)70-55(78)21-18-30-74-28-14-11-15-29-74/h18,21-27,33,35-36,38,40-41,47,53,58,77H,5-17,19-20,28-32,34,37,39H2,1-4H3,(H,65,80)(H,70,78)(H,71,79)(H,66,67,69)/b21-18+/t47-,53+,58-/m1/s1. The molecule has 444 valence electrons. The number of thiazole rings is 1. The Kier molecular flexibility index (Phi) is 22.9. The van der Waals surface area contributed by atoms with E-state index >= 15 is 0 Å². The number of benzene rings is 3. The molecule has 0 spiro atoms. The van der Waals surface area contributed by atoms with E-state index < -0.39 is 29.4 Å². The number of hydrogen-bond donors (Lipinski definition) is 5. The molecule has 2 fully saturated rings. The Balaban J connectivity index is 0.703. The number of likely N-dealkylation sites (tertiary alicyclic amines) is 2. The number of amides is 4. The Bertz CT molecular complexity index is 3140. The second-order valence-corrected chi connectivity index (χ2v) is 24.2. The Morgan fingerprint density at radius 3 is 2.42 bits per heavy atom. The van der Waals surface area contributed by atoms with E-state index in [0.29, 0.717) is 59.8 Å². The fourth-order valence-corrected chi connectivity index (χ4v) is 11.5. The van der Waals surface area contributed by atoms with E-state index in [9.17, 15) is 28.7 Å². The molecule has 6 aromatic rings. The van der Waals surface area contributed by atoms with Crippen LogP contribution in [0, 0.1) is 18.2 Å². The fraction of sp³-hybridized carbons (Fsp3) is 0.500. The Labute approximate surface area is 495 Å². The zero-order chi connectivity index (χ0) is 58.7. The monoisotopic (exact) mass is 1170 g/mol. The number of aromatic nitrogens is 6. The average Bonchev–Trinajstić information content (AvgIpc) is 4.44. The summed E-state index contributed by atoms with van der Waals surface area (Å²) in [6.07, 6.45) is 20.3. The van der Waals surface area contributed by atoms with E-state index in [1.807, 2.05) is 74.4 Å². The molecule has 0 aliphatic carbocycles. The van der Waals surface area contributed by atoms with E-state index in [1.165, 1.54) is 42.6 Å². The van der Waals surface area contributed by atoms with Gasteiger partial charge >= 0.3 is 0 Å². The molecule has 18 nitrogen and oxygen atoms in total. The second kappa shape index (κ2) is 30.6. The van der Waals surface area contributed by atoms with E-state index in [4.69, 9.17) is 16.3 Å². The number of piperidine rings is 1. The summed E-state index contributed by atoms with van der Waals surface area (Å²) in [4.78, 5) is 72.2. The quantitative estimate of drug-likeness (QED) is 0.0218. The van der Waals surface area contributed by atoms with Crippen molar-refractivity contribution >= 4 is 74.7 Å². The molecule has 2 aliphatic heterocycles. The van der Waals surface area contributed by atoms with Crippen LogP contribution in [-0.4, -0.2) is 119 Å². The molecule has 3 atom stereocenters. The highest BCUT2D eigenvalue weighted by Gasteiger charge is 2.44. The topological polar surface area (TPSA) is 222 Å². The average molecular weight is 1180 g/mol. The minimum atomic E-state index is -0.858. The van der Waals surface area contributed by atoms with Gasteiger partial charge in [0.25, 0.3) is 0 Å². The molecule has 0 saturated carbocycles. The molecular weight excluding hydrogens is 1100 g/mol. The van der Waals surface area contributed by atoms with Crippen molar-refractivity contribution in [1.82, 2.24) is 50.4 Å². The van der Waals surface area contributed by atoms with Crippen LogP contribution in [-0.2, 0) is 38.7 Å². The molecule has 2 aliphatic rings. The number of rotatable bonds is 29. The van der Waals surface area contributed by atoms with Gasteiger partial charge in [-0.3, -0.25) is 28.8 Å². The number of hydrogen-bond acceptors (Lipinski definition) is 14. The normalized spacial score (nSPS) is 16.1. The van der Waals surface area contributed by atoms with Crippen molar-refractivity contribution in [2.24, 2.45) is 5.41 Å². The molecule has 2 saturated heterocycles. The van der Waals surface area contributed by atoms with Crippen molar-refractivity contribution in [3.05, 3.63) is 113 Å². The van der Waals surface area contributed by atoms with Crippen molar-refractivity contribution < 1.29 is 33.4 Å². The van der Waals surface area contributed by atoms with Gasteiger partial charge in [0.15, 0.2) is 0 Å². The van der Waals surface area contributed by atoms with Gasteiger partial charge in [-0.05, 0) is 112 Å². The number of aliphatic hydroxyl groups is 1. The van der Waals surface area contributed by atoms with Gasteiger partial charge < -0.3 is 36.0 Å². The van der Waals surface area contributed by atoms with Crippen LogP contribution in [0.5, 0.6) is 5.75 Å². The van der Waals surface area contributed by atoms with Crippen LogP contribution >= 0.6 is 22.9 Å². The van der Waals surface area contributed by atoms with Gasteiger partial charge in [0, 0.05) is 68.4 Å². The SMILES string of the molecule is Cc1ncsc1-c1ccc(CNC(=O)[C@@H]2C[C@@H](O)CN2C(=O)[C@@H](NC(=O)CCCCCCCCCn2cc(CCCCCOc3cc4ncnc(Nc5ccc(F)c(Cl)c5)c4cc3NC(=O)/C=C/CN3CCCCC3)nn2)C(C)(C)C)cc1. The lowest BCUT2D eigenvalue weighted by Gasteiger charge is -2.35. The van der Waals surface area contributed by atoms with Crippen LogP contribution in [0.2, 0.25) is 5.02 Å². The molecule has 5 heterocycles. The first-order chi connectivity index (χ1) is 40.1. The molecule has 21 heteroatoms. The van der Waals surface area contributed by atoms with Crippen LogP contribution in [0.15, 0.2) is 84.8 Å². The number of carbonyl (C=O) groups is 4. The Hall–Kier alpha value is -6.87. The molecular formula is C62H80ClFN12O6S. The fourth-order valence-electron chi connectivity index (χ4n) is 10.5. The summed E-state index contributed by atoms with van der Waals surface area (Å²) in [6.45, 7) is 12.0. The molecule has 4 amide bonds. The van der Waals surface area contributed by atoms with Gasteiger partial charge in [-0.1, -0.05) is 106 Å². The third-order valence-electron chi connectivity index (χ3n) is 15.2. The third kappa shape index (κ3) is 18.6. The molecule has 0 bridgehead atoms. The van der Waals surface area contributed by atoms with Gasteiger partial charge in [0.05, 0.1) is 50.7 Å². The highest BCUT2D eigenvalue weighted by atomic mass is 35.5. The lowest BCUT2D eigenvalue weighted by Crippen LogP contribution is -2.57. The highest BCUT2D eigenvalue weighted by Crippen LogP contribution is 2.35. The van der Waals surface area contributed by atoms with E-state index in [2.05, 4.69) is 51.4 Å². The van der Waals surface area contributed by atoms with Gasteiger partial charge in [0.2, 0.25) is 23.6 Å². The van der Waals surface area contributed by atoms with Crippen LogP contribution in [0.3, 0.4) is 0 Å². The first kappa shape index (κ1) is 62.2. The zero-order valence-corrected chi connectivity index (χ0v) is 49.9. The number of unbranched alkanes of at least 4 members (excludes halogenated alkanes) is 8. The smallest absolute Gasteiger partial charge is 0.248 e. The predicted octanol–water partition coefficient (Wildman–Crippen LogP) is 10.9. The van der Waals surface area contributed by atoms with Crippen LogP contribution in [0.4, 0.5) is 21.6 Å². The summed E-state index contributed by atoms with van der Waals surface area (Å²) >= 11 is 7.64. The van der Waals surface area contributed by atoms with E-state index in [-0.39, 0.29) is 48.2 Å². The molecule has 83 heavy (non-hydrogen) atoms. The molecule has 0 radical (unpaired) electrons. The van der Waals surface area contributed by atoms with Crippen molar-refractivity contribution in [2.45, 2.75) is 162 Å². The number of anilines is 3. The minimum absolute atomic E-state index is 0.0188. The molecule has 8 rings (SSSR count). The lowest BCUT2D eigenvalue weighted by atomic mass is 9.85. The Morgan fingerprint density at radius 1 is 0.916 bits per heavy atom. The maximum Gasteiger partial charge on any atom is 0.248 e. The molecule has 3 aromatic heterocycles.